The first-order valence-electron chi connectivity index (χ1n) is 8.61. The van der Waals surface area contributed by atoms with Crippen LogP contribution in [0.4, 0.5) is 10.1 Å². The van der Waals surface area contributed by atoms with Gasteiger partial charge in [0.2, 0.25) is 11.8 Å². The van der Waals surface area contributed by atoms with Crippen molar-refractivity contribution in [3.8, 4) is 0 Å². The average molecular weight is 339 g/mol. The summed E-state index contributed by atoms with van der Waals surface area (Å²) in [5.41, 5.74) is -0.707. The molecule has 0 aliphatic carbocycles. The number of nitrogens with zero attached hydrogens (tertiary/aromatic N) is 1. The Bertz CT molecular complexity index is 923. The van der Waals surface area contributed by atoms with Crippen molar-refractivity contribution < 1.29 is 18.7 Å². The molecule has 0 aromatic heterocycles. The second-order valence-corrected chi connectivity index (χ2v) is 7.81. The van der Waals surface area contributed by atoms with E-state index in [2.05, 4.69) is 0 Å². The quantitative estimate of drug-likeness (QED) is 0.748. The van der Waals surface area contributed by atoms with Gasteiger partial charge in [-0.2, -0.15) is 0 Å². The lowest BCUT2D eigenvalue weighted by Gasteiger charge is -2.27. The predicted octanol–water partition coefficient (Wildman–Crippen LogP) is 3.43. The number of rotatable bonds is 1. The fourth-order valence-electron chi connectivity index (χ4n) is 5.16. The summed E-state index contributed by atoms with van der Waals surface area (Å²) in [6, 6.07) is 9.79. The third kappa shape index (κ3) is 1.69. The Balaban J connectivity index is 1.69. The second-order valence-electron chi connectivity index (χ2n) is 7.81. The van der Waals surface area contributed by atoms with E-state index >= 15 is 0 Å². The van der Waals surface area contributed by atoms with Gasteiger partial charge in [-0.3, -0.25) is 9.59 Å². The van der Waals surface area contributed by atoms with Crippen molar-refractivity contribution in [2.75, 3.05) is 4.90 Å². The molecule has 128 valence electrons. The van der Waals surface area contributed by atoms with E-state index in [0.717, 1.165) is 12.8 Å². The molecule has 3 saturated heterocycles. The van der Waals surface area contributed by atoms with Crippen molar-refractivity contribution in [3.63, 3.8) is 0 Å². The average Bonchev–Trinajstić information content (AvgIpc) is 3.12. The highest BCUT2D eigenvalue weighted by molar-refractivity contribution is 6.26. The molecule has 4 nitrogen and oxygen atoms in total. The molecule has 0 spiro atoms. The van der Waals surface area contributed by atoms with E-state index in [9.17, 15) is 14.0 Å². The largest absolute Gasteiger partial charge is 0.367 e. The minimum Gasteiger partial charge on any atom is -0.367 e. The van der Waals surface area contributed by atoms with Gasteiger partial charge < -0.3 is 4.74 Å². The molecular formula is C20H18FNO3. The minimum atomic E-state index is -0.587. The van der Waals surface area contributed by atoms with Crippen molar-refractivity contribution >= 4 is 28.3 Å². The Kier molecular flexibility index (Phi) is 2.68. The second kappa shape index (κ2) is 4.47. The van der Waals surface area contributed by atoms with Gasteiger partial charge in [-0.15, -0.1) is 0 Å². The summed E-state index contributed by atoms with van der Waals surface area (Å²) in [7, 11) is 0. The van der Waals surface area contributed by atoms with E-state index in [1.807, 2.05) is 13.8 Å². The van der Waals surface area contributed by atoms with Crippen LogP contribution in [0.15, 0.2) is 36.4 Å². The third-order valence-corrected chi connectivity index (χ3v) is 6.29. The maximum absolute atomic E-state index is 14.1. The van der Waals surface area contributed by atoms with Gasteiger partial charge in [0.25, 0.3) is 0 Å². The summed E-state index contributed by atoms with van der Waals surface area (Å²) in [6.07, 6.45) is 1.56. The van der Waals surface area contributed by atoms with E-state index in [1.165, 1.54) is 11.0 Å². The molecule has 3 heterocycles. The number of hydrogen-bond acceptors (Lipinski definition) is 3. The third-order valence-electron chi connectivity index (χ3n) is 6.29. The monoisotopic (exact) mass is 339 g/mol. The summed E-state index contributed by atoms with van der Waals surface area (Å²) in [4.78, 5) is 27.7. The first-order valence-corrected chi connectivity index (χ1v) is 8.61. The van der Waals surface area contributed by atoms with Crippen LogP contribution < -0.4 is 4.90 Å². The van der Waals surface area contributed by atoms with Crippen LogP contribution in [0.3, 0.4) is 0 Å². The Hall–Kier alpha value is -2.27. The van der Waals surface area contributed by atoms with Crippen LogP contribution >= 0.6 is 0 Å². The van der Waals surface area contributed by atoms with E-state index in [-0.39, 0.29) is 17.6 Å². The van der Waals surface area contributed by atoms with E-state index in [4.69, 9.17) is 4.74 Å². The van der Waals surface area contributed by atoms with Crippen LogP contribution in [-0.2, 0) is 14.3 Å². The highest BCUT2D eigenvalue weighted by Crippen LogP contribution is 2.61. The molecule has 0 saturated carbocycles. The molecule has 4 unspecified atom stereocenters. The standard InChI is InChI=1S/C20H18FNO3/c1-19-9-10-20(2,25-19)16-15(19)17(23)22(18(16)24)14-8-4-5-11-12(14)6-3-7-13(11)21/h3-8,15-16H,9-10H2,1-2H3. The fourth-order valence-corrected chi connectivity index (χ4v) is 5.16. The number of benzene rings is 2. The van der Waals surface area contributed by atoms with Crippen LogP contribution in [0, 0.1) is 17.7 Å². The van der Waals surface area contributed by atoms with E-state index < -0.39 is 23.0 Å². The van der Waals surface area contributed by atoms with Crippen molar-refractivity contribution in [2.45, 2.75) is 37.9 Å². The number of carbonyl (C=O) groups is 2. The van der Waals surface area contributed by atoms with Gasteiger partial charge in [0.1, 0.15) is 5.82 Å². The summed E-state index contributed by atoms with van der Waals surface area (Å²) < 4.78 is 20.2. The number of halogens is 1. The molecule has 2 amide bonds. The molecule has 0 N–H and O–H groups in total. The van der Waals surface area contributed by atoms with Gasteiger partial charge in [-0.1, -0.05) is 24.3 Å². The zero-order valence-corrected chi connectivity index (χ0v) is 14.1. The van der Waals surface area contributed by atoms with Gasteiger partial charge in [-0.05, 0) is 38.8 Å². The molecular weight excluding hydrogens is 321 g/mol. The lowest BCUT2D eigenvalue weighted by molar-refractivity contribution is -0.129. The Morgan fingerprint density at radius 1 is 0.960 bits per heavy atom. The highest BCUT2D eigenvalue weighted by Gasteiger charge is 2.72. The van der Waals surface area contributed by atoms with Crippen LogP contribution in [0.2, 0.25) is 0 Å². The topological polar surface area (TPSA) is 46.6 Å². The number of carbonyl (C=O) groups excluding carboxylic acids is 2. The van der Waals surface area contributed by atoms with Gasteiger partial charge in [0, 0.05) is 10.8 Å². The summed E-state index contributed by atoms with van der Waals surface area (Å²) in [5, 5.41) is 0.988. The molecule has 5 rings (SSSR count). The Morgan fingerprint density at radius 3 is 2.16 bits per heavy atom. The molecule has 3 aliphatic heterocycles. The zero-order chi connectivity index (χ0) is 17.6. The van der Waals surface area contributed by atoms with Crippen molar-refractivity contribution in [2.24, 2.45) is 11.8 Å². The van der Waals surface area contributed by atoms with E-state index in [0.29, 0.717) is 16.5 Å². The normalized spacial score (nSPS) is 36.5. The Morgan fingerprint density at radius 2 is 1.52 bits per heavy atom. The molecule has 2 aromatic carbocycles. The van der Waals surface area contributed by atoms with Gasteiger partial charge in [0.15, 0.2) is 0 Å². The Labute approximate surface area is 144 Å². The molecule has 2 bridgehead atoms. The molecule has 0 radical (unpaired) electrons. The van der Waals surface area contributed by atoms with Crippen molar-refractivity contribution in [3.05, 3.63) is 42.2 Å². The maximum atomic E-state index is 14.1. The van der Waals surface area contributed by atoms with Gasteiger partial charge in [-0.25, -0.2) is 9.29 Å². The van der Waals surface area contributed by atoms with Crippen molar-refractivity contribution in [1.29, 1.82) is 0 Å². The molecule has 25 heavy (non-hydrogen) atoms. The number of hydrogen-bond donors (Lipinski definition) is 0. The van der Waals surface area contributed by atoms with Gasteiger partial charge >= 0.3 is 0 Å². The lowest BCUT2D eigenvalue weighted by atomic mass is 9.69. The van der Waals surface area contributed by atoms with Crippen LogP contribution in [0.25, 0.3) is 10.8 Å². The van der Waals surface area contributed by atoms with Crippen LogP contribution in [0.5, 0.6) is 0 Å². The van der Waals surface area contributed by atoms with Gasteiger partial charge in [0.05, 0.1) is 28.7 Å². The minimum absolute atomic E-state index is 0.224. The van der Waals surface area contributed by atoms with Crippen LogP contribution in [0.1, 0.15) is 26.7 Å². The first kappa shape index (κ1) is 15.0. The molecule has 3 fully saturated rings. The number of imide groups is 1. The zero-order valence-electron chi connectivity index (χ0n) is 14.1. The number of amides is 2. The molecule has 4 atom stereocenters. The smallest absolute Gasteiger partial charge is 0.240 e. The SMILES string of the molecule is CC12CCC(C)(O1)C1C(=O)N(c3cccc4c(F)cccc34)C(=O)C12. The number of fused-ring (bicyclic) bond motifs is 6. The number of ether oxygens (including phenoxy) is 1. The maximum Gasteiger partial charge on any atom is 0.240 e. The summed E-state index contributed by atoms with van der Waals surface area (Å²) in [5.74, 6) is -1.72. The lowest BCUT2D eigenvalue weighted by Crippen LogP contribution is -2.40. The molecule has 5 heteroatoms. The summed E-state index contributed by atoms with van der Waals surface area (Å²) >= 11 is 0. The first-order chi connectivity index (χ1) is 11.9. The fraction of sp³-hybridized carbons (Fsp3) is 0.400. The highest BCUT2D eigenvalue weighted by atomic mass is 19.1. The number of anilines is 1. The van der Waals surface area contributed by atoms with Crippen LogP contribution in [-0.4, -0.2) is 23.0 Å². The van der Waals surface area contributed by atoms with E-state index in [1.54, 1.807) is 30.3 Å². The molecule has 2 aromatic rings. The summed E-state index contributed by atoms with van der Waals surface area (Å²) in [6.45, 7) is 3.86. The predicted molar refractivity (Wildman–Crippen MR) is 90.5 cm³/mol. The van der Waals surface area contributed by atoms with Crippen molar-refractivity contribution in [1.82, 2.24) is 0 Å². The molecule has 3 aliphatic rings.